The summed E-state index contributed by atoms with van der Waals surface area (Å²) in [5.41, 5.74) is 2.71. The van der Waals surface area contributed by atoms with E-state index in [1.54, 1.807) is 12.4 Å². The molecule has 1 aliphatic rings. The van der Waals surface area contributed by atoms with Crippen molar-refractivity contribution in [3.8, 4) is 0 Å². The summed E-state index contributed by atoms with van der Waals surface area (Å²) < 4.78 is 1.10. The molecule has 18 heavy (non-hydrogen) atoms. The molecule has 1 heterocycles. The van der Waals surface area contributed by atoms with Crippen LogP contribution in [0.15, 0.2) is 47.2 Å². The Morgan fingerprint density at radius 2 is 2.11 bits per heavy atom. The van der Waals surface area contributed by atoms with Gasteiger partial charge in [-0.3, -0.25) is 4.98 Å². The van der Waals surface area contributed by atoms with E-state index in [4.69, 9.17) is 0 Å². The summed E-state index contributed by atoms with van der Waals surface area (Å²) in [4.78, 5) is 4.11. The van der Waals surface area contributed by atoms with E-state index in [2.05, 4.69) is 33.0 Å². The number of hydrogen-bond acceptors (Lipinski definition) is 2. The minimum Gasteiger partial charge on any atom is -0.385 e. The first-order chi connectivity index (χ1) is 8.67. The van der Waals surface area contributed by atoms with Crippen molar-refractivity contribution in [1.29, 1.82) is 0 Å². The summed E-state index contributed by atoms with van der Waals surface area (Å²) in [5, 5.41) is 10.8. The highest BCUT2D eigenvalue weighted by atomic mass is 79.9. The molecule has 0 saturated carbocycles. The summed E-state index contributed by atoms with van der Waals surface area (Å²) in [6.07, 6.45) is 5.83. The number of hydrogen-bond donors (Lipinski definition) is 1. The van der Waals surface area contributed by atoms with Crippen LogP contribution in [0.4, 0.5) is 0 Å². The van der Waals surface area contributed by atoms with Crippen LogP contribution in [0.25, 0.3) is 0 Å². The van der Waals surface area contributed by atoms with Crippen LogP contribution in [-0.4, -0.2) is 10.1 Å². The summed E-state index contributed by atoms with van der Waals surface area (Å²) in [5.74, 6) is 0. The average Bonchev–Trinajstić information content (AvgIpc) is 2.40. The van der Waals surface area contributed by atoms with Gasteiger partial charge in [0.15, 0.2) is 0 Å². The molecular formula is C15H14BrNO. The molecule has 0 aliphatic heterocycles. The smallest absolute Gasteiger partial charge is 0.0954 e. The zero-order valence-corrected chi connectivity index (χ0v) is 11.5. The minimum absolute atomic E-state index is 0.668. The van der Waals surface area contributed by atoms with Crippen molar-refractivity contribution in [3.05, 3.63) is 63.9 Å². The highest BCUT2D eigenvalue weighted by molar-refractivity contribution is 9.10. The molecular weight excluding hydrogens is 290 g/mol. The van der Waals surface area contributed by atoms with E-state index < -0.39 is 5.60 Å². The van der Waals surface area contributed by atoms with Gasteiger partial charge in [-0.2, -0.15) is 0 Å². The van der Waals surface area contributed by atoms with Gasteiger partial charge >= 0.3 is 0 Å². The molecule has 0 fully saturated rings. The number of aliphatic hydroxyl groups is 1. The van der Waals surface area contributed by atoms with Gasteiger partial charge in [-0.25, -0.2) is 0 Å². The van der Waals surface area contributed by atoms with Crippen LogP contribution in [0, 0.1) is 0 Å². The Kier molecular flexibility index (Phi) is 2.96. The molecule has 1 aromatic carbocycles. The lowest BCUT2D eigenvalue weighted by molar-refractivity contribution is 0.0219. The molecule has 3 rings (SSSR count). The molecule has 0 amide bonds. The largest absolute Gasteiger partial charge is 0.385 e. The third-order valence-corrected chi connectivity index (χ3v) is 4.15. The first kappa shape index (κ1) is 11.9. The van der Waals surface area contributed by atoms with Crippen LogP contribution in [0.1, 0.15) is 23.1 Å². The molecule has 0 bridgehead atoms. The molecule has 2 nitrogen and oxygen atoms in total. The first-order valence-corrected chi connectivity index (χ1v) is 6.87. The summed E-state index contributed by atoms with van der Waals surface area (Å²) >= 11 is 3.49. The van der Waals surface area contributed by atoms with E-state index in [9.17, 15) is 5.11 Å². The van der Waals surface area contributed by atoms with Crippen LogP contribution in [0.3, 0.4) is 0 Å². The maximum Gasteiger partial charge on any atom is 0.0954 e. The lowest BCUT2D eigenvalue weighted by Crippen LogP contribution is -2.33. The van der Waals surface area contributed by atoms with Gasteiger partial charge < -0.3 is 5.11 Å². The van der Waals surface area contributed by atoms with Gasteiger partial charge in [-0.1, -0.05) is 28.1 Å². The van der Waals surface area contributed by atoms with Gasteiger partial charge in [-0.05, 0) is 42.2 Å². The lowest BCUT2D eigenvalue weighted by Gasteiger charge is -2.33. The van der Waals surface area contributed by atoms with Gasteiger partial charge in [0.1, 0.15) is 0 Å². The highest BCUT2D eigenvalue weighted by Crippen LogP contribution is 2.36. The minimum atomic E-state index is -0.769. The first-order valence-electron chi connectivity index (χ1n) is 6.08. The van der Waals surface area contributed by atoms with Crippen molar-refractivity contribution in [3.63, 3.8) is 0 Å². The third-order valence-electron chi connectivity index (χ3n) is 3.66. The van der Waals surface area contributed by atoms with Gasteiger partial charge in [0, 0.05) is 28.9 Å². The zero-order valence-electron chi connectivity index (χ0n) is 9.94. The van der Waals surface area contributed by atoms with Crippen LogP contribution in [0.5, 0.6) is 0 Å². The third kappa shape index (κ3) is 2.08. The van der Waals surface area contributed by atoms with Crippen molar-refractivity contribution >= 4 is 15.9 Å². The fraction of sp³-hybridized carbons (Fsp3) is 0.267. The van der Waals surface area contributed by atoms with Crippen molar-refractivity contribution in [2.24, 2.45) is 0 Å². The molecule has 2 aromatic rings. The Bertz CT molecular complexity index is 570. The number of aryl methyl sites for hydroxylation is 1. The van der Waals surface area contributed by atoms with Gasteiger partial charge in [0.25, 0.3) is 0 Å². The van der Waals surface area contributed by atoms with E-state index in [0.717, 1.165) is 22.9 Å². The number of aromatic nitrogens is 1. The predicted molar refractivity (Wildman–Crippen MR) is 74.3 cm³/mol. The Morgan fingerprint density at radius 3 is 2.89 bits per heavy atom. The highest BCUT2D eigenvalue weighted by Gasteiger charge is 2.33. The molecule has 3 heteroatoms. The molecule has 1 atom stereocenters. The van der Waals surface area contributed by atoms with Crippen LogP contribution in [-0.2, 0) is 18.4 Å². The maximum absolute atomic E-state index is 10.8. The maximum atomic E-state index is 10.8. The second kappa shape index (κ2) is 4.48. The monoisotopic (exact) mass is 303 g/mol. The van der Waals surface area contributed by atoms with E-state index in [1.165, 1.54) is 11.1 Å². The molecule has 1 aromatic heterocycles. The predicted octanol–water partition coefficient (Wildman–Crippen LogP) is 3.22. The molecule has 92 valence electrons. The average molecular weight is 304 g/mol. The molecule has 0 spiro atoms. The molecule has 0 radical (unpaired) electrons. The fourth-order valence-corrected chi connectivity index (χ4v) is 3.04. The van der Waals surface area contributed by atoms with E-state index >= 15 is 0 Å². The van der Waals surface area contributed by atoms with Gasteiger partial charge in [0.2, 0.25) is 0 Å². The van der Waals surface area contributed by atoms with E-state index in [-0.39, 0.29) is 0 Å². The standard InChI is InChI=1S/C15H14BrNO/c16-14-4-3-12-9-15(18,6-5-11(12)8-14)13-2-1-7-17-10-13/h1-4,7-8,10,18H,5-6,9H2. The second-order valence-corrected chi connectivity index (χ2v) is 5.78. The van der Waals surface area contributed by atoms with Crippen molar-refractivity contribution < 1.29 is 5.11 Å². The fourth-order valence-electron chi connectivity index (χ4n) is 2.63. The second-order valence-electron chi connectivity index (χ2n) is 4.86. The van der Waals surface area contributed by atoms with Crippen LogP contribution < -0.4 is 0 Å². The number of rotatable bonds is 1. The summed E-state index contributed by atoms with van der Waals surface area (Å²) in [6, 6.07) is 10.1. The number of pyridine rings is 1. The normalized spacial score (nSPS) is 22.6. The summed E-state index contributed by atoms with van der Waals surface area (Å²) in [6.45, 7) is 0. The quantitative estimate of drug-likeness (QED) is 0.877. The number of benzene rings is 1. The Hall–Kier alpha value is -1.19. The van der Waals surface area contributed by atoms with Crippen LogP contribution in [0.2, 0.25) is 0 Å². The van der Waals surface area contributed by atoms with E-state index in [1.807, 2.05) is 18.2 Å². The Balaban J connectivity index is 1.97. The van der Waals surface area contributed by atoms with Crippen molar-refractivity contribution in [2.45, 2.75) is 24.9 Å². The number of fused-ring (bicyclic) bond motifs is 1. The number of halogens is 1. The Morgan fingerprint density at radius 1 is 1.22 bits per heavy atom. The van der Waals surface area contributed by atoms with Crippen molar-refractivity contribution in [2.75, 3.05) is 0 Å². The van der Waals surface area contributed by atoms with E-state index in [0.29, 0.717) is 6.42 Å². The van der Waals surface area contributed by atoms with Crippen LogP contribution >= 0.6 is 15.9 Å². The lowest BCUT2D eigenvalue weighted by atomic mass is 9.77. The van der Waals surface area contributed by atoms with Gasteiger partial charge in [0.05, 0.1) is 5.60 Å². The number of nitrogens with zero attached hydrogens (tertiary/aromatic N) is 1. The summed E-state index contributed by atoms with van der Waals surface area (Å²) in [7, 11) is 0. The Labute approximate surface area is 115 Å². The molecule has 0 saturated heterocycles. The topological polar surface area (TPSA) is 33.1 Å². The SMILES string of the molecule is OC1(c2cccnc2)CCc2cc(Br)ccc2C1. The van der Waals surface area contributed by atoms with Gasteiger partial charge in [-0.15, -0.1) is 0 Å². The zero-order chi connectivity index (χ0) is 12.6. The molecule has 1 unspecified atom stereocenters. The molecule has 1 aliphatic carbocycles. The molecule has 1 N–H and O–H groups in total. The van der Waals surface area contributed by atoms with Crippen molar-refractivity contribution in [1.82, 2.24) is 4.98 Å².